The van der Waals surface area contributed by atoms with Gasteiger partial charge in [0.25, 0.3) is 0 Å². The number of aromatic hydroxyl groups is 1. The van der Waals surface area contributed by atoms with Gasteiger partial charge in [-0.1, -0.05) is 18.6 Å². The molecule has 0 unspecified atom stereocenters. The summed E-state index contributed by atoms with van der Waals surface area (Å²) in [6.45, 7) is 3.25. The molecule has 5 rings (SSSR count). The van der Waals surface area contributed by atoms with Gasteiger partial charge in [0.2, 0.25) is 0 Å². The van der Waals surface area contributed by atoms with Crippen LogP contribution in [0.15, 0.2) is 59.9 Å². The maximum Gasteiger partial charge on any atom is 0.337 e. The number of likely N-dealkylation sites (tertiary alicyclic amines) is 1. The fraction of sp³-hybridized carbons (Fsp3) is 0.296. The van der Waals surface area contributed by atoms with Crippen LogP contribution in [0.4, 0.5) is 5.69 Å². The average Bonchev–Trinajstić information content (AvgIpc) is 3.45. The highest BCUT2D eigenvalue weighted by Crippen LogP contribution is 2.32. The van der Waals surface area contributed by atoms with Crippen LogP contribution in [0.3, 0.4) is 0 Å². The highest BCUT2D eigenvalue weighted by atomic mass is 16.5. The van der Waals surface area contributed by atoms with Crippen molar-refractivity contribution in [2.24, 2.45) is 12.0 Å². The van der Waals surface area contributed by atoms with Crippen molar-refractivity contribution in [2.75, 3.05) is 20.2 Å². The van der Waals surface area contributed by atoms with Gasteiger partial charge in [0.05, 0.1) is 35.8 Å². The van der Waals surface area contributed by atoms with E-state index >= 15 is 0 Å². The number of hydrogen-bond acceptors (Lipinski definition) is 6. The molecule has 2 aromatic carbocycles. The lowest BCUT2D eigenvalue weighted by Crippen LogP contribution is -2.28. The zero-order chi connectivity index (χ0) is 24.4. The Hall–Kier alpha value is -3.91. The number of aromatic amines is 1. The third-order valence-corrected chi connectivity index (χ3v) is 6.45. The van der Waals surface area contributed by atoms with Gasteiger partial charge in [-0.05, 0) is 61.8 Å². The molecule has 1 saturated heterocycles. The normalized spacial score (nSPS) is 15.0. The van der Waals surface area contributed by atoms with Crippen molar-refractivity contribution in [3.05, 3.63) is 77.1 Å². The molecule has 0 atom stereocenters. The first-order valence-electron chi connectivity index (χ1n) is 11.8. The minimum absolute atomic E-state index is 0.0219. The average molecular weight is 472 g/mol. The number of aliphatic imine (C=N–C) groups is 1. The number of hydrogen-bond donors (Lipinski definition) is 2. The lowest BCUT2D eigenvalue weighted by Gasteiger charge is -2.26. The Bertz CT molecular complexity index is 1380. The molecule has 0 saturated carbocycles. The molecule has 0 radical (unpaired) electrons. The number of fused-ring (bicyclic) bond motifs is 1. The van der Waals surface area contributed by atoms with Gasteiger partial charge in [-0.2, -0.15) is 5.10 Å². The molecule has 2 N–H and O–H groups in total. The molecule has 1 aliphatic heterocycles. The SMILES string of the molecule is COC(=O)c1ccc2[nH]c(O)c(C(=Nc3ccc(CN4CCCCC4)cc3)c3cnn(C)c3)c2c1. The summed E-state index contributed by atoms with van der Waals surface area (Å²) in [5.41, 5.74) is 4.94. The molecule has 0 spiro atoms. The van der Waals surface area contributed by atoms with Gasteiger partial charge >= 0.3 is 5.97 Å². The van der Waals surface area contributed by atoms with Crippen molar-refractivity contribution in [1.29, 1.82) is 0 Å². The molecular formula is C27H29N5O3. The summed E-state index contributed by atoms with van der Waals surface area (Å²) in [6, 6.07) is 13.3. The van der Waals surface area contributed by atoms with Crippen LogP contribution in [0.1, 0.15) is 46.3 Å². The lowest BCUT2D eigenvalue weighted by atomic mass is 10.0. The molecule has 2 aromatic heterocycles. The standard InChI is InChI=1S/C27H29N5O3/c1-31-17-20(15-28-31)25(24-22-14-19(27(34)35-2)8-11-23(22)30-26(24)33)29-21-9-6-18(7-10-21)16-32-12-4-3-5-13-32/h6-11,14-15,17,30,33H,3-5,12-13,16H2,1-2H3. The fourth-order valence-corrected chi connectivity index (χ4v) is 4.65. The van der Waals surface area contributed by atoms with Crippen LogP contribution in [0.2, 0.25) is 0 Å². The number of aryl methyl sites for hydroxylation is 1. The second-order valence-electron chi connectivity index (χ2n) is 8.97. The molecule has 1 fully saturated rings. The zero-order valence-electron chi connectivity index (χ0n) is 20.0. The van der Waals surface area contributed by atoms with Crippen molar-refractivity contribution < 1.29 is 14.6 Å². The topological polar surface area (TPSA) is 95.7 Å². The number of H-pyrrole nitrogens is 1. The monoisotopic (exact) mass is 471 g/mol. The molecular weight excluding hydrogens is 442 g/mol. The van der Waals surface area contributed by atoms with Gasteiger partial charge < -0.3 is 14.8 Å². The quantitative estimate of drug-likeness (QED) is 0.318. The largest absolute Gasteiger partial charge is 0.494 e. The van der Waals surface area contributed by atoms with E-state index in [9.17, 15) is 9.90 Å². The van der Waals surface area contributed by atoms with E-state index < -0.39 is 5.97 Å². The third-order valence-electron chi connectivity index (χ3n) is 6.45. The van der Waals surface area contributed by atoms with Crippen molar-refractivity contribution in [2.45, 2.75) is 25.8 Å². The summed E-state index contributed by atoms with van der Waals surface area (Å²) in [5.74, 6) is -0.464. The Morgan fingerprint density at radius 2 is 1.89 bits per heavy atom. The highest BCUT2D eigenvalue weighted by Gasteiger charge is 2.21. The van der Waals surface area contributed by atoms with Crippen LogP contribution in [0.5, 0.6) is 5.88 Å². The van der Waals surface area contributed by atoms with Gasteiger partial charge in [0.1, 0.15) is 0 Å². The van der Waals surface area contributed by atoms with E-state index in [-0.39, 0.29) is 5.88 Å². The number of benzene rings is 2. The van der Waals surface area contributed by atoms with Crippen LogP contribution in [-0.2, 0) is 18.3 Å². The molecule has 180 valence electrons. The van der Waals surface area contributed by atoms with E-state index in [1.165, 1.54) is 31.9 Å². The Morgan fingerprint density at radius 1 is 1.11 bits per heavy atom. The predicted octanol–water partition coefficient (Wildman–Crippen LogP) is 4.55. The van der Waals surface area contributed by atoms with Crippen LogP contribution < -0.4 is 0 Å². The smallest absolute Gasteiger partial charge is 0.337 e. The van der Waals surface area contributed by atoms with E-state index in [4.69, 9.17) is 9.73 Å². The van der Waals surface area contributed by atoms with Crippen molar-refractivity contribution in [1.82, 2.24) is 19.7 Å². The van der Waals surface area contributed by atoms with E-state index in [1.807, 2.05) is 25.4 Å². The van der Waals surface area contributed by atoms with Crippen molar-refractivity contribution >= 4 is 28.3 Å². The molecule has 4 aromatic rings. The zero-order valence-corrected chi connectivity index (χ0v) is 20.0. The first-order chi connectivity index (χ1) is 17.0. The summed E-state index contributed by atoms with van der Waals surface area (Å²) in [7, 11) is 3.18. The van der Waals surface area contributed by atoms with Gasteiger partial charge in [0, 0.05) is 36.3 Å². The summed E-state index contributed by atoms with van der Waals surface area (Å²) < 4.78 is 6.58. The number of carbonyl (C=O) groups excluding carboxylic acids is 1. The number of carbonyl (C=O) groups is 1. The molecule has 0 aliphatic carbocycles. The number of esters is 1. The molecule has 8 nitrogen and oxygen atoms in total. The maximum atomic E-state index is 12.1. The number of piperidine rings is 1. The van der Waals surface area contributed by atoms with Crippen molar-refractivity contribution in [3.8, 4) is 5.88 Å². The lowest BCUT2D eigenvalue weighted by molar-refractivity contribution is 0.0601. The molecule has 8 heteroatoms. The second-order valence-corrected chi connectivity index (χ2v) is 8.97. The summed E-state index contributed by atoms with van der Waals surface area (Å²) in [5, 5.41) is 15.9. The summed E-state index contributed by atoms with van der Waals surface area (Å²) >= 11 is 0. The summed E-state index contributed by atoms with van der Waals surface area (Å²) in [4.78, 5) is 22.6. The molecule has 0 amide bonds. The highest BCUT2D eigenvalue weighted by molar-refractivity contribution is 6.22. The predicted molar refractivity (Wildman–Crippen MR) is 135 cm³/mol. The number of nitrogens with one attached hydrogen (secondary N) is 1. The van der Waals surface area contributed by atoms with E-state index in [0.29, 0.717) is 27.7 Å². The van der Waals surface area contributed by atoms with Gasteiger partial charge in [0.15, 0.2) is 5.88 Å². The number of aromatic nitrogens is 3. The van der Waals surface area contributed by atoms with E-state index in [2.05, 4.69) is 27.1 Å². The van der Waals surface area contributed by atoms with E-state index in [0.717, 1.165) is 30.9 Å². The number of ether oxygens (including phenoxy) is 1. The molecule has 0 bridgehead atoms. The molecule has 3 heterocycles. The van der Waals surface area contributed by atoms with Gasteiger partial charge in [-0.15, -0.1) is 0 Å². The Morgan fingerprint density at radius 3 is 2.57 bits per heavy atom. The number of methoxy groups -OCH3 is 1. The first kappa shape index (κ1) is 22.9. The fourth-order valence-electron chi connectivity index (χ4n) is 4.65. The minimum atomic E-state index is -0.442. The molecule has 35 heavy (non-hydrogen) atoms. The summed E-state index contributed by atoms with van der Waals surface area (Å²) in [6.07, 6.45) is 7.42. The Kier molecular flexibility index (Phi) is 6.37. The van der Waals surface area contributed by atoms with E-state index in [1.54, 1.807) is 29.1 Å². The van der Waals surface area contributed by atoms with Gasteiger partial charge in [-0.3, -0.25) is 9.58 Å². The van der Waals surface area contributed by atoms with Crippen LogP contribution >= 0.6 is 0 Å². The molecule has 1 aliphatic rings. The minimum Gasteiger partial charge on any atom is -0.494 e. The Balaban J connectivity index is 1.55. The maximum absolute atomic E-state index is 12.1. The van der Waals surface area contributed by atoms with Crippen LogP contribution in [-0.4, -0.2) is 56.7 Å². The second kappa shape index (κ2) is 9.76. The third kappa shape index (κ3) is 4.83. The van der Waals surface area contributed by atoms with Crippen LogP contribution in [0.25, 0.3) is 10.9 Å². The van der Waals surface area contributed by atoms with Crippen molar-refractivity contribution in [3.63, 3.8) is 0 Å². The number of nitrogens with zero attached hydrogens (tertiary/aromatic N) is 4. The van der Waals surface area contributed by atoms with Gasteiger partial charge in [-0.25, -0.2) is 9.79 Å². The number of rotatable bonds is 6. The first-order valence-corrected chi connectivity index (χ1v) is 11.8. The van der Waals surface area contributed by atoms with Crippen LogP contribution in [0, 0.1) is 0 Å². The Labute approximate surface area is 203 Å².